The molecule has 0 saturated carbocycles. The van der Waals surface area contributed by atoms with Crippen LogP contribution in [-0.4, -0.2) is 54.0 Å². The Balaban J connectivity index is 1.47. The highest BCUT2D eigenvalue weighted by Gasteiger charge is 2.24. The number of aromatic nitrogens is 1. The summed E-state index contributed by atoms with van der Waals surface area (Å²) in [5, 5.41) is 6.21. The van der Waals surface area contributed by atoms with Gasteiger partial charge in [0.2, 0.25) is 5.91 Å². The molecule has 8 heteroatoms. The third kappa shape index (κ3) is 5.10. The molecule has 0 bridgehead atoms. The molecule has 1 atom stereocenters. The fourth-order valence-electron chi connectivity index (χ4n) is 2.85. The molecule has 1 aromatic heterocycles. The van der Waals surface area contributed by atoms with Gasteiger partial charge in [-0.1, -0.05) is 11.6 Å². The molecule has 0 radical (unpaired) electrons. The van der Waals surface area contributed by atoms with Gasteiger partial charge < -0.3 is 20.4 Å². The number of amides is 3. The molecule has 1 aromatic carbocycles. The molecule has 3 rings (SSSR count). The van der Waals surface area contributed by atoms with Crippen LogP contribution >= 0.6 is 11.6 Å². The van der Waals surface area contributed by atoms with E-state index in [0.29, 0.717) is 23.8 Å². The zero-order chi connectivity index (χ0) is 19.2. The third-order valence-corrected chi connectivity index (χ3v) is 4.69. The fourth-order valence-corrected chi connectivity index (χ4v) is 2.97. The smallest absolute Gasteiger partial charge is 0.318 e. The van der Waals surface area contributed by atoms with Crippen LogP contribution in [0.2, 0.25) is 5.02 Å². The molecule has 0 aliphatic carbocycles. The van der Waals surface area contributed by atoms with Gasteiger partial charge in [-0.05, 0) is 43.3 Å². The van der Waals surface area contributed by atoms with Crippen LogP contribution < -0.4 is 15.5 Å². The van der Waals surface area contributed by atoms with E-state index in [9.17, 15) is 9.59 Å². The summed E-state index contributed by atoms with van der Waals surface area (Å²) in [5.74, 6) is -0.269. The van der Waals surface area contributed by atoms with Crippen LogP contribution in [0.4, 0.5) is 16.2 Å². The number of piperazine rings is 1. The van der Waals surface area contributed by atoms with Crippen molar-refractivity contribution in [2.24, 2.45) is 0 Å². The minimum absolute atomic E-state index is 0.233. The largest absolute Gasteiger partial charge is 0.368 e. The van der Waals surface area contributed by atoms with Crippen molar-refractivity contribution in [3.05, 3.63) is 53.8 Å². The number of carbonyl (C=O) groups is 2. The normalized spacial score (nSPS) is 15.2. The first-order chi connectivity index (χ1) is 13.0. The molecule has 7 nitrogen and oxygen atoms in total. The van der Waals surface area contributed by atoms with Crippen molar-refractivity contribution in [1.29, 1.82) is 0 Å². The van der Waals surface area contributed by atoms with Crippen LogP contribution in [0.25, 0.3) is 0 Å². The standard InChI is InChI=1S/C19H22ClN5O2/c1-14(18(26)23-16-6-8-21-9-7-16)22-19(27)25-12-10-24(11-13-25)17-4-2-15(20)3-5-17/h2-9,14H,10-13H2,1H3,(H,22,27)(H,21,23,26)/t14-/m0/s1. The van der Waals surface area contributed by atoms with Gasteiger partial charge in [0.05, 0.1) is 0 Å². The van der Waals surface area contributed by atoms with Crippen molar-refractivity contribution in [3.63, 3.8) is 0 Å². The van der Waals surface area contributed by atoms with Gasteiger partial charge in [0.25, 0.3) is 0 Å². The van der Waals surface area contributed by atoms with E-state index in [1.54, 1.807) is 36.4 Å². The predicted octanol–water partition coefficient (Wildman–Crippen LogP) is 2.59. The average Bonchev–Trinajstić information content (AvgIpc) is 2.69. The SMILES string of the molecule is C[C@H](NC(=O)N1CCN(c2ccc(Cl)cc2)CC1)C(=O)Nc1ccncc1. The van der Waals surface area contributed by atoms with E-state index in [0.717, 1.165) is 18.8 Å². The van der Waals surface area contributed by atoms with Crippen molar-refractivity contribution in [3.8, 4) is 0 Å². The van der Waals surface area contributed by atoms with Crippen molar-refractivity contribution >= 4 is 34.9 Å². The third-order valence-electron chi connectivity index (χ3n) is 4.44. The van der Waals surface area contributed by atoms with Gasteiger partial charge in [0, 0.05) is 55.0 Å². The summed E-state index contributed by atoms with van der Waals surface area (Å²) in [4.78, 5) is 32.5. The molecule has 2 heterocycles. The molecular formula is C19H22ClN5O2. The fraction of sp³-hybridized carbons (Fsp3) is 0.316. The maximum Gasteiger partial charge on any atom is 0.318 e. The lowest BCUT2D eigenvalue weighted by Crippen LogP contribution is -2.54. The van der Waals surface area contributed by atoms with Crippen LogP contribution in [-0.2, 0) is 4.79 Å². The minimum atomic E-state index is -0.639. The second-order valence-corrected chi connectivity index (χ2v) is 6.78. The summed E-state index contributed by atoms with van der Waals surface area (Å²) in [7, 11) is 0. The van der Waals surface area contributed by atoms with E-state index < -0.39 is 6.04 Å². The number of anilines is 2. The quantitative estimate of drug-likeness (QED) is 0.845. The van der Waals surface area contributed by atoms with Gasteiger partial charge in [-0.25, -0.2) is 4.79 Å². The first-order valence-electron chi connectivity index (χ1n) is 8.80. The Morgan fingerprint density at radius 1 is 1.04 bits per heavy atom. The molecule has 1 fully saturated rings. The molecule has 1 aliphatic rings. The minimum Gasteiger partial charge on any atom is -0.368 e. The number of carbonyl (C=O) groups excluding carboxylic acids is 2. The second kappa shape index (κ2) is 8.73. The molecule has 1 aliphatic heterocycles. The van der Waals surface area contributed by atoms with Crippen LogP contribution in [0.1, 0.15) is 6.92 Å². The number of rotatable bonds is 4. The van der Waals surface area contributed by atoms with Gasteiger partial charge in [-0.2, -0.15) is 0 Å². The molecule has 0 spiro atoms. The first kappa shape index (κ1) is 19.0. The van der Waals surface area contributed by atoms with Crippen LogP contribution in [0.5, 0.6) is 0 Å². The zero-order valence-corrected chi connectivity index (χ0v) is 15.8. The molecule has 27 heavy (non-hydrogen) atoms. The number of nitrogens with zero attached hydrogens (tertiary/aromatic N) is 3. The highest BCUT2D eigenvalue weighted by atomic mass is 35.5. The molecule has 1 saturated heterocycles. The zero-order valence-electron chi connectivity index (χ0n) is 15.1. The molecule has 2 aromatic rings. The second-order valence-electron chi connectivity index (χ2n) is 6.35. The Morgan fingerprint density at radius 3 is 2.30 bits per heavy atom. The number of pyridine rings is 1. The maximum absolute atomic E-state index is 12.4. The van der Waals surface area contributed by atoms with Crippen LogP contribution in [0.15, 0.2) is 48.8 Å². The van der Waals surface area contributed by atoms with E-state index in [1.807, 2.05) is 24.3 Å². The van der Waals surface area contributed by atoms with Crippen LogP contribution in [0.3, 0.4) is 0 Å². The molecule has 2 N–H and O–H groups in total. The lowest BCUT2D eigenvalue weighted by atomic mass is 10.2. The van der Waals surface area contributed by atoms with E-state index >= 15 is 0 Å². The number of hydrogen-bond acceptors (Lipinski definition) is 4. The number of nitrogens with one attached hydrogen (secondary N) is 2. The molecule has 142 valence electrons. The number of urea groups is 1. The Hall–Kier alpha value is -2.80. The summed E-state index contributed by atoms with van der Waals surface area (Å²) in [6, 6.07) is 10.2. The van der Waals surface area contributed by atoms with Gasteiger partial charge in [-0.3, -0.25) is 9.78 Å². The molecule has 3 amide bonds. The maximum atomic E-state index is 12.4. The monoisotopic (exact) mass is 387 g/mol. The molecular weight excluding hydrogens is 366 g/mol. The summed E-state index contributed by atoms with van der Waals surface area (Å²) in [5.41, 5.74) is 1.73. The van der Waals surface area contributed by atoms with E-state index in [1.165, 1.54) is 0 Å². The van der Waals surface area contributed by atoms with E-state index in [-0.39, 0.29) is 11.9 Å². The Kier molecular flexibility index (Phi) is 6.13. The topological polar surface area (TPSA) is 77.6 Å². The summed E-state index contributed by atoms with van der Waals surface area (Å²) < 4.78 is 0. The molecule has 0 unspecified atom stereocenters. The summed E-state index contributed by atoms with van der Waals surface area (Å²) >= 11 is 5.92. The van der Waals surface area contributed by atoms with Gasteiger partial charge >= 0.3 is 6.03 Å². The predicted molar refractivity (Wildman–Crippen MR) is 106 cm³/mol. The lowest BCUT2D eigenvalue weighted by Gasteiger charge is -2.36. The average molecular weight is 388 g/mol. The van der Waals surface area contributed by atoms with Crippen molar-refractivity contribution in [2.75, 3.05) is 36.4 Å². The van der Waals surface area contributed by atoms with Crippen molar-refractivity contribution in [2.45, 2.75) is 13.0 Å². The summed E-state index contributed by atoms with van der Waals surface area (Å²) in [6.07, 6.45) is 3.19. The van der Waals surface area contributed by atoms with Crippen molar-refractivity contribution < 1.29 is 9.59 Å². The Bertz CT molecular complexity index is 776. The van der Waals surface area contributed by atoms with Gasteiger partial charge in [0.1, 0.15) is 6.04 Å². The highest BCUT2D eigenvalue weighted by molar-refractivity contribution is 6.30. The van der Waals surface area contributed by atoms with Crippen molar-refractivity contribution in [1.82, 2.24) is 15.2 Å². The van der Waals surface area contributed by atoms with Gasteiger partial charge in [0.15, 0.2) is 0 Å². The lowest BCUT2D eigenvalue weighted by molar-refractivity contribution is -0.117. The van der Waals surface area contributed by atoms with Gasteiger partial charge in [-0.15, -0.1) is 0 Å². The van der Waals surface area contributed by atoms with Crippen LogP contribution in [0, 0.1) is 0 Å². The Labute approximate surface area is 163 Å². The highest BCUT2D eigenvalue weighted by Crippen LogP contribution is 2.19. The summed E-state index contributed by atoms with van der Waals surface area (Å²) in [6.45, 7) is 4.30. The number of halogens is 1. The first-order valence-corrected chi connectivity index (χ1v) is 9.17. The van der Waals surface area contributed by atoms with E-state index in [2.05, 4.69) is 20.5 Å². The number of benzene rings is 1. The number of hydrogen-bond donors (Lipinski definition) is 2. The van der Waals surface area contributed by atoms with E-state index in [4.69, 9.17) is 11.6 Å². The Morgan fingerprint density at radius 2 is 1.67 bits per heavy atom.